The lowest BCUT2D eigenvalue weighted by atomic mass is 10.2. The van der Waals surface area contributed by atoms with Crippen LogP contribution in [0.25, 0.3) is 0 Å². The molecule has 0 radical (unpaired) electrons. The lowest BCUT2D eigenvalue weighted by molar-refractivity contribution is -0.384. The van der Waals surface area contributed by atoms with Crippen molar-refractivity contribution in [3.63, 3.8) is 0 Å². The third-order valence-electron chi connectivity index (χ3n) is 2.73. The van der Waals surface area contributed by atoms with E-state index in [0.717, 1.165) is 0 Å². The Labute approximate surface area is 131 Å². The molecule has 22 heavy (non-hydrogen) atoms. The van der Waals surface area contributed by atoms with E-state index >= 15 is 0 Å². The first-order valence-electron chi connectivity index (χ1n) is 6.41. The van der Waals surface area contributed by atoms with Gasteiger partial charge in [0.15, 0.2) is 0 Å². The van der Waals surface area contributed by atoms with Crippen molar-refractivity contribution in [2.75, 3.05) is 6.61 Å². The smallest absolute Gasteiger partial charge is 0.341 e. The quantitative estimate of drug-likeness (QED) is 0.468. The number of benzene rings is 2. The fraction of sp³-hybridized carbons (Fsp3) is 0.133. The van der Waals surface area contributed by atoms with E-state index < -0.39 is 10.9 Å². The highest BCUT2D eigenvalue weighted by Gasteiger charge is 2.16. The van der Waals surface area contributed by atoms with Crippen LogP contribution < -0.4 is 4.74 Å². The first-order valence-corrected chi connectivity index (χ1v) is 6.78. The highest BCUT2D eigenvalue weighted by Crippen LogP contribution is 2.33. The third kappa shape index (κ3) is 3.53. The number of halogens is 1. The molecule has 0 fully saturated rings. The van der Waals surface area contributed by atoms with Gasteiger partial charge in [0.05, 0.1) is 16.6 Å². The number of esters is 1. The zero-order valence-corrected chi connectivity index (χ0v) is 12.4. The minimum atomic E-state index is -0.553. The maximum atomic E-state index is 11.9. The van der Waals surface area contributed by atoms with Crippen molar-refractivity contribution in [1.82, 2.24) is 0 Å². The Morgan fingerprint density at radius 2 is 1.95 bits per heavy atom. The molecule has 114 valence electrons. The molecule has 0 saturated heterocycles. The van der Waals surface area contributed by atoms with Crippen LogP contribution in [0.15, 0.2) is 42.5 Å². The van der Waals surface area contributed by atoms with Crippen molar-refractivity contribution in [1.29, 1.82) is 0 Å². The highest BCUT2D eigenvalue weighted by molar-refractivity contribution is 6.32. The second-order valence-corrected chi connectivity index (χ2v) is 4.60. The summed E-state index contributed by atoms with van der Waals surface area (Å²) in [5.74, 6) is -0.0446. The molecule has 0 N–H and O–H groups in total. The topological polar surface area (TPSA) is 78.7 Å². The van der Waals surface area contributed by atoms with Crippen molar-refractivity contribution < 1.29 is 19.2 Å². The second-order valence-electron chi connectivity index (χ2n) is 4.19. The molecule has 0 heterocycles. The molecule has 0 aliphatic rings. The molecule has 6 nitrogen and oxygen atoms in total. The second kappa shape index (κ2) is 6.91. The summed E-state index contributed by atoms with van der Waals surface area (Å²) < 4.78 is 10.5. The molecular weight excluding hydrogens is 310 g/mol. The van der Waals surface area contributed by atoms with E-state index in [1.54, 1.807) is 31.2 Å². The van der Waals surface area contributed by atoms with E-state index in [9.17, 15) is 14.9 Å². The Morgan fingerprint density at radius 3 is 2.59 bits per heavy atom. The number of nitro groups is 1. The number of non-ortho nitro benzene ring substituents is 1. The molecule has 2 aromatic carbocycles. The van der Waals surface area contributed by atoms with Gasteiger partial charge in [0.25, 0.3) is 5.69 Å². The minimum absolute atomic E-state index is 0.0767. The van der Waals surface area contributed by atoms with Crippen LogP contribution in [0.2, 0.25) is 5.02 Å². The molecular formula is C15H12ClNO5. The molecule has 2 aromatic rings. The van der Waals surface area contributed by atoms with E-state index in [0.29, 0.717) is 0 Å². The average molecular weight is 322 g/mol. The Hall–Kier alpha value is -2.60. The predicted molar refractivity (Wildman–Crippen MR) is 80.6 cm³/mol. The molecule has 0 amide bonds. The Balaban J connectivity index is 2.32. The molecule has 0 aromatic heterocycles. The van der Waals surface area contributed by atoms with Crippen LogP contribution in [-0.2, 0) is 4.74 Å². The number of carbonyl (C=O) groups excluding carboxylic acids is 1. The fourth-order valence-corrected chi connectivity index (χ4v) is 1.95. The molecule has 0 bridgehead atoms. The number of ether oxygens (including phenoxy) is 2. The SMILES string of the molecule is CCOC(=O)c1ccccc1Oc1ccc([N+](=O)[O-])cc1Cl. The minimum Gasteiger partial charge on any atom is -0.462 e. The summed E-state index contributed by atoms with van der Waals surface area (Å²) in [5, 5.41) is 10.8. The summed E-state index contributed by atoms with van der Waals surface area (Å²) in [5.41, 5.74) is 0.106. The summed E-state index contributed by atoms with van der Waals surface area (Å²) in [4.78, 5) is 22.0. The maximum absolute atomic E-state index is 11.9. The average Bonchev–Trinajstić information content (AvgIpc) is 2.50. The molecule has 2 rings (SSSR count). The first kappa shape index (κ1) is 15.8. The van der Waals surface area contributed by atoms with Gasteiger partial charge in [-0.3, -0.25) is 10.1 Å². The number of hydrogen-bond donors (Lipinski definition) is 0. The summed E-state index contributed by atoms with van der Waals surface area (Å²) in [6.45, 7) is 1.94. The lowest BCUT2D eigenvalue weighted by Crippen LogP contribution is -2.06. The monoisotopic (exact) mass is 321 g/mol. The summed E-state index contributed by atoms with van der Waals surface area (Å²) in [6, 6.07) is 10.4. The number of para-hydroxylation sites is 1. The molecule has 7 heteroatoms. The van der Waals surface area contributed by atoms with Crippen molar-refractivity contribution in [3.8, 4) is 11.5 Å². The maximum Gasteiger partial charge on any atom is 0.341 e. The summed E-state index contributed by atoms with van der Waals surface area (Å²) in [7, 11) is 0. The van der Waals surface area contributed by atoms with E-state index in [1.165, 1.54) is 18.2 Å². The van der Waals surface area contributed by atoms with Crippen LogP contribution >= 0.6 is 11.6 Å². The van der Waals surface area contributed by atoms with Crippen LogP contribution in [0, 0.1) is 10.1 Å². The fourth-order valence-electron chi connectivity index (χ4n) is 1.74. The van der Waals surface area contributed by atoms with Crippen LogP contribution in [0.3, 0.4) is 0 Å². The summed E-state index contributed by atoms with van der Waals surface area (Å²) >= 11 is 5.97. The first-order chi connectivity index (χ1) is 10.5. The van der Waals surface area contributed by atoms with Gasteiger partial charge in [0.1, 0.15) is 17.1 Å². The standard InChI is InChI=1S/C15H12ClNO5/c1-2-21-15(18)11-5-3-4-6-13(11)22-14-8-7-10(17(19)20)9-12(14)16/h3-9H,2H2,1H3. The van der Waals surface area contributed by atoms with Gasteiger partial charge >= 0.3 is 5.97 Å². The number of rotatable bonds is 5. The number of hydrogen-bond acceptors (Lipinski definition) is 5. The van der Waals surface area contributed by atoms with Gasteiger partial charge in [-0.25, -0.2) is 4.79 Å². The van der Waals surface area contributed by atoms with Gasteiger partial charge in [0, 0.05) is 12.1 Å². The van der Waals surface area contributed by atoms with E-state index in [1.807, 2.05) is 0 Å². The molecule has 0 saturated carbocycles. The normalized spacial score (nSPS) is 10.1. The molecule has 0 aliphatic carbocycles. The van der Waals surface area contributed by atoms with Gasteiger partial charge in [-0.1, -0.05) is 23.7 Å². The molecule has 0 unspecified atom stereocenters. The third-order valence-corrected chi connectivity index (χ3v) is 3.02. The van der Waals surface area contributed by atoms with Gasteiger partial charge in [0.2, 0.25) is 0 Å². The van der Waals surface area contributed by atoms with Crippen molar-refractivity contribution in [2.45, 2.75) is 6.92 Å². The van der Waals surface area contributed by atoms with Crippen molar-refractivity contribution in [3.05, 3.63) is 63.2 Å². The van der Waals surface area contributed by atoms with Crippen molar-refractivity contribution in [2.24, 2.45) is 0 Å². The number of nitro benzene ring substituents is 1. The zero-order valence-electron chi connectivity index (χ0n) is 11.6. The van der Waals surface area contributed by atoms with Gasteiger partial charge in [-0.15, -0.1) is 0 Å². The van der Waals surface area contributed by atoms with Gasteiger partial charge in [-0.05, 0) is 25.1 Å². The van der Waals surface area contributed by atoms with Crippen LogP contribution in [0.5, 0.6) is 11.5 Å². The Morgan fingerprint density at radius 1 is 1.23 bits per heavy atom. The lowest BCUT2D eigenvalue weighted by Gasteiger charge is -2.11. The van der Waals surface area contributed by atoms with Crippen LogP contribution in [0.1, 0.15) is 17.3 Å². The van der Waals surface area contributed by atoms with Crippen molar-refractivity contribution >= 4 is 23.3 Å². The largest absolute Gasteiger partial charge is 0.462 e. The predicted octanol–water partition coefficient (Wildman–Crippen LogP) is 4.22. The summed E-state index contributed by atoms with van der Waals surface area (Å²) in [6.07, 6.45) is 0. The van der Waals surface area contributed by atoms with E-state index in [4.69, 9.17) is 21.1 Å². The van der Waals surface area contributed by atoms with Gasteiger partial charge < -0.3 is 9.47 Å². The molecule has 0 aliphatic heterocycles. The number of nitrogens with zero attached hydrogens (tertiary/aromatic N) is 1. The highest BCUT2D eigenvalue weighted by atomic mass is 35.5. The van der Waals surface area contributed by atoms with Crippen LogP contribution in [0.4, 0.5) is 5.69 Å². The van der Waals surface area contributed by atoms with Gasteiger partial charge in [-0.2, -0.15) is 0 Å². The zero-order chi connectivity index (χ0) is 16.1. The van der Waals surface area contributed by atoms with Crippen LogP contribution in [-0.4, -0.2) is 17.5 Å². The van der Waals surface area contributed by atoms with E-state index in [-0.39, 0.29) is 34.4 Å². The Bertz CT molecular complexity index is 717. The Kier molecular flexibility index (Phi) is 4.95. The van der Waals surface area contributed by atoms with E-state index in [2.05, 4.69) is 0 Å². The number of carbonyl (C=O) groups is 1. The molecule has 0 atom stereocenters. The molecule has 0 spiro atoms.